The number of thiocarbonyl (C=S) groups is 1. The van der Waals surface area contributed by atoms with Gasteiger partial charge in [0.15, 0.2) is 5.11 Å². The number of hydrazone groups is 1. The summed E-state index contributed by atoms with van der Waals surface area (Å²) in [5.41, 5.74) is 9.92. The van der Waals surface area contributed by atoms with Crippen molar-refractivity contribution in [1.82, 2.24) is 20.7 Å². The Labute approximate surface area is 195 Å². The van der Waals surface area contributed by atoms with E-state index in [-0.39, 0.29) is 11.3 Å². The van der Waals surface area contributed by atoms with Crippen molar-refractivity contribution < 1.29 is 9.59 Å². The maximum Gasteiger partial charge on any atom is 0.282 e. The van der Waals surface area contributed by atoms with E-state index in [0.29, 0.717) is 28.6 Å². The highest BCUT2D eigenvalue weighted by Gasteiger charge is 2.31. The monoisotopic (exact) mass is 456 g/mol. The fraction of sp³-hybridized carbons (Fsp3) is 0.478. The second-order valence-corrected chi connectivity index (χ2v) is 9.50. The first-order valence-electron chi connectivity index (χ1n) is 10.8. The molecule has 2 heterocycles. The highest BCUT2D eigenvalue weighted by Crippen LogP contribution is 2.28. The number of nitrogens with one attached hydrogen (secondary N) is 2. The number of rotatable bonds is 5. The standard InChI is InChI=1S/C23H32N6O2S/c1-16(24-25-22(32)28-12-10-27(11-13-28)14-15-30)20-17(2)26-29(21(20)31)19-8-6-18(7-9-19)23(3,4)5/h6-9,15,24H,10-14H2,1-5H3,(H,25,32)/b20-16-. The van der Waals surface area contributed by atoms with Gasteiger partial charge in [-0.15, -0.1) is 0 Å². The van der Waals surface area contributed by atoms with Crippen molar-refractivity contribution in [2.45, 2.75) is 40.0 Å². The number of hydrogen-bond acceptors (Lipinski definition) is 6. The third-order valence-corrected chi connectivity index (χ3v) is 6.08. The molecule has 172 valence electrons. The highest BCUT2D eigenvalue weighted by molar-refractivity contribution is 7.80. The summed E-state index contributed by atoms with van der Waals surface area (Å²) < 4.78 is 0. The number of anilines is 1. The smallest absolute Gasteiger partial charge is 0.282 e. The minimum Gasteiger partial charge on any atom is -0.345 e. The Morgan fingerprint density at radius 3 is 2.31 bits per heavy atom. The third kappa shape index (κ3) is 5.34. The first-order valence-corrected chi connectivity index (χ1v) is 11.2. The Hall–Kier alpha value is -2.78. The summed E-state index contributed by atoms with van der Waals surface area (Å²) in [6.45, 7) is 13.6. The van der Waals surface area contributed by atoms with Crippen molar-refractivity contribution in [2.75, 3.05) is 37.7 Å². The number of aldehydes is 1. The lowest BCUT2D eigenvalue weighted by molar-refractivity contribution is -0.114. The molecule has 1 aromatic rings. The minimum absolute atomic E-state index is 0.0452. The van der Waals surface area contributed by atoms with Crippen LogP contribution in [0.2, 0.25) is 0 Å². The summed E-state index contributed by atoms with van der Waals surface area (Å²) in [6, 6.07) is 7.93. The minimum atomic E-state index is -0.175. The topological polar surface area (TPSA) is 80.3 Å². The summed E-state index contributed by atoms with van der Waals surface area (Å²) in [5, 5.41) is 6.47. The van der Waals surface area contributed by atoms with Crippen LogP contribution in [0.4, 0.5) is 5.69 Å². The number of hydrazine groups is 1. The third-order valence-electron chi connectivity index (χ3n) is 5.72. The van der Waals surface area contributed by atoms with Gasteiger partial charge in [-0.3, -0.25) is 15.1 Å². The van der Waals surface area contributed by atoms with E-state index in [1.165, 1.54) is 10.6 Å². The average Bonchev–Trinajstić information content (AvgIpc) is 3.06. The molecule has 0 unspecified atom stereocenters. The number of carbonyl (C=O) groups is 2. The van der Waals surface area contributed by atoms with Gasteiger partial charge >= 0.3 is 0 Å². The lowest BCUT2D eigenvalue weighted by Gasteiger charge is -2.35. The Balaban J connectivity index is 1.63. The molecule has 1 aromatic carbocycles. The predicted octanol–water partition coefficient (Wildman–Crippen LogP) is 2.18. The van der Waals surface area contributed by atoms with Crippen molar-refractivity contribution >= 4 is 40.9 Å². The normalized spacial score (nSPS) is 19.0. The number of piperazine rings is 1. The molecule has 9 heteroatoms. The number of nitrogens with zero attached hydrogens (tertiary/aromatic N) is 4. The van der Waals surface area contributed by atoms with Crippen molar-refractivity contribution in [3.63, 3.8) is 0 Å². The van der Waals surface area contributed by atoms with Gasteiger partial charge < -0.3 is 15.1 Å². The predicted molar refractivity (Wildman–Crippen MR) is 131 cm³/mol. The summed E-state index contributed by atoms with van der Waals surface area (Å²) >= 11 is 5.49. The number of carbonyl (C=O) groups excluding carboxylic acids is 2. The van der Waals surface area contributed by atoms with E-state index in [1.807, 2.05) is 43.0 Å². The van der Waals surface area contributed by atoms with E-state index >= 15 is 0 Å². The summed E-state index contributed by atoms with van der Waals surface area (Å²) in [7, 11) is 0. The van der Waals surface area contributed by atoms with Crippen LogP contribution < -0.4 is 15.9 Å². The van der Waals surface area contributed by atoms with Gasteiger partial charge in [0.25, 0.3) is 5.91 Å². The van der Waals surface area contributed by atoms with Crippen LogP contribution in [0.15, 0.2) is 40.6 Å². The van der Waals surface area contributed by atoms with E-state index in [2.05, 4.69) is 41.6 Å². The Morgan fingerprint density at radius 2 is 1.75 bits per heavy atom. The zero-order valence-corrected chi connectivity index (χ0v) is 20.3. The highest BCUT2D eigenvalue weighted by atomic mass is 32.1. The van der Waals surface area contributed by atoms with Crippen LogP contribution in [0.25, 0.3) is 0 Å². The van der Waals surface area contributed by atoms with Crippen LogP contribution >= 0.6 is 12.2 Å². The summed E-state index contributed by atoms with van der Waals surface area (Å²) in [4.78, 5) is 27.9. The first-order chi connectivity index (χ1) is 15.1. The molecule has 2 aliphatic rings. The average molecular weight is 457 g/mol. The van der Waals surface area contributed by atoms with Crippen molar-refractivity contribution in [2.24, 2.45) is 5.10 Å². The van der Waals surface area contributed by atoms with Gasteiger partial charge in [-0.25, -0.2) is 0 Å². The SMILES string of the molecule is CC1=NN(c2ccc(C(C)(C)C)cc2)C(=O)/C1=C(/C)NNC(=S)N1CCN(CC=O)CC1. The van der Waals surface area contributed by atoms with E-state index in [0.717, 1.165) is 38.2 Å². The molecule has 0 aromatic heterocycles. The largest absolute Gasteiger partial charge is 0.345 e. The molecule has 0 spiro atoms. The Bertz CT molecular complexity index is 940. The fourth-order valence-electron chi connectivity index (χ4n) is 3.74. The van der Waals surface area contributed by atoms with Crippen LogP contribution in [0.3, 0.4) is 0 Å². The lowest BCUT2D eigenvalue weighted by atomic mass is 9.87. The Morgan fingerprint density at radius 1 is 1.12 bits per heavy atom. The first kappa shape index (κ1) is 23.9. The van der Waals surface area contributed by atoms with E-state index in [4.69, 9.17) is 12.2 Å². The van der Waals surface area contributed by atoms with Gasteiger partial charge in [0.1, 0.15) is 6.29 Å². The molecule has 0 aliphatic carbocycles. The van der Waals surface area contributed by atoms with Gasteiger partial charge in [0.05, 0.1) is 23.5 Å². The molecular formula is C23H32N6O2S. The van der Waals surface area contributed by atoms with Crippen LogP contribution in [0.5, 0.6) is 0 Å². The molecule has 1 saturated heterocycles. The molecule has 0 saturated carbocycles. The maximum absolute atomic E-state index is 13.1. The van der Waals surface area contributed by atoms with E-state index in [9.17, 15) is 9.59 Å². The molecule has 32 heavy (non-hydrogen) atoms. The molecule has 0 bridgehead atoms. The van der Waals surface area contributed by atoms with Gasteiger partial charge in [-0.2, -0.15) is 10.1 Å². The second-order valence-electron chi connectivity index (χ2n) is 9.11. The van der Waals surface area contributed by atoms with Crippen molar-refractivity contribution in [3.05, 3.63) is 41.1 Å². The number of amides is 1. The molecule has 3 rings (SSSR count). The zero-order valence-electron chi connectivity index (χ0n) is 19.4. The molecule has 2 N–H and O–H groups in total. The fourth-order valence-corrected chi connectivity index (χ4v) is 3.98. The van der Waals surface area contributed by atoms with Crippen LogP contribution in [-0.2, 0) is 15.0 Å². The zero-order chi connectivity index (χ0) is 23.5. The lowest BCUT2D eigenvalue weighted by Crippen LogP contribution is -2.54. The number of allylic oxidation sites excluding steroid dienone is 1. The van der Waals surface area contributed by atoms with Crippen molar-refractivity contribution in [3.8, 4) is 0 Å². The molecule has 0 radical (unpaired) electrons. The van der Waals surface area contributed by atoms with Crippen LogP contribution in [0.1, 0.15) is 40.2 Å². The number of hydrogen-bond donors (Lipinski definition) is 2. The molecule has 8 nitrogen and oxygen atoms in total. The maximum atomic E-state index is 13.1. The Kier molecular flexibility index (Phi) is 7.30. The van der Waals surface area contributed by atoms with Crippen LogP contribution in [-0.4, -0.2) is 65.5 Å². The van der Waals surface area contributed by atoms with Crippen molar-refractivity contribution in [1.29, 1.82) is 0 Å². The molecule has 2 aliphatic heterocycles. The van der Waals surface area contributed by atoms with E-state index < -0.39 is 0 Å². The quantitative estimate of drug-likeness (QED) is 0.304. The van der Waals surface area contributed by atoms with Gasteiger partial charge in [-0.05, 0) is 49.2 Å². The van der Waals surface area contributed by atoms with E-state index in [1.54, 1.807) is 0 Å². The van der Waals surface area contributed by atoms with Crippen LogP contribution in [0, 0.1) is 0 Å². The van der Waals surface area contributed by atoms with Gasteiger partial charge in [0.2, 0.25) is 0 Å². The van der Waals surface area contributed by atoms with Gasteiger partial charge in [0, 0.05) is 31.9 Å². The molecular weight excluding hydrogens is 424 g/mol. The molecule has 0 atom stereocenters. The summed E-state index contributed by atoms with van der Waals surface area (Å²) in [6.07, 6.45) is 0.925. The number of benzene rings is 1. The molecule has 1 fully saturated rings. The second kappa shape index (κ2) is 9.79. The molecule has 1 amide bonds. The van der Waals surface area contributed by atoms with Gasteiger partial charge in [-0.1, -0.05) is 32.9 Å². The summed E-state index contributed by atoms with van der Waals surface area (Å²) in [5.74, 6) is -0.175.